The van der Waals surface area contributed by atoms with Crippen LogP contribution in [0.2, 0.25) is 0 Å². The molecule has 0 aliphatic carbocycles. The van der Waals surface area contributed by atoms with Gasteiger partial charge in [0, 0.05) is 13.1 Å². The SMILES string of the molecule is CCOC(=O)C1CCN(C(=O)[C@H]2COc3ccc(OC)cc3C2)CC1. The molecule has 2 aliphatic rings. The number of hydrogen-bond acceptors (Lipinski definition) is 5. The fourth-order valence-corrected chi connectivity index (χ4v) is 3.51. The molecule has 1 saturated heterocycles. The van der Waals surface area contributed by atoms with Crippen molar-refractivity contribution >= 4 is 11.9 Å². The highest BCUT2D eigenvalue weighted by Gasteiger charge is 2.33. The third kappa shape index (κ3) is 3.89. The third-order valence-corrected chi connectivity index (χ3v) is 4.95. The van der Waals surface area contributed by atoms with Crippen LogP contribution in [0.5, 0.6) is 11.5 Å². The molecular formula is C19H25NO5. The van der Waals surface area contributed by atoms with Crippen LogP contribution in [0.15, 0.2) is 18.2 Å². The van der Waals surface area contributed by atoms with Crippen molar-refractivity contribution in [3.63, 3.8) is 0 Å². The van der Waals surface area contributed by atoms with Crippen LogP contribution < -0.4 is 9.47 Å². The number of benzene rings is 1. The van der Waals surface area contributed by atoms with E-state index in [-0.39, 0.29) is 23.7 Å². The molecule has 0 N–H and O–H groups in total. The van der Waals surface area contributed by atoms with Crippen molar-refractivity contribution in [1.82, 2.24) is 4.90 Å². The van der Waals surface area contributed by atoms with Gasteiger partial charge >= 0.3 is 5.97 Å². The third-order valence-electron chi connectivity index (χ3n) is 4.95. The van der Waals surface area contributed by atoms with Gasteiger partial charge in [-0.25, -0.2) is 0 Å². The summed E-state index contributed by atoms with van der Waals surface area (Å²) in [7, 11) is 1.63. The molecule has 2 aliphatic heterocycles. The Morgan fingerprint density at radius 3 is 2.68 bits per heavy atom. The second-order valence-corrected chi connectivity index (χ2v) is 6.54. The van der Waals surface area contributed by atoms with E-state index in [2.05, 4.69) is 0 Å². The summed E-state index contributed by atoms with van der Waals surface area (Å²) in [6, 6.07) is 5.68. The average molecular weight is 347 g/mol. The highest BCUT2D eigenvalue weighted by Crippen LogP contribution is 2.32. The molecule has 1 fully saturated rings. The van der Waals surface area contributed by atoms with Gasteiger partial charge in [-0.2, -0.15) is 0 Å². The highest BCUT2D eigenvalue weighted by atomic mass is 16.5. The Hall–Kier alpha value is -2.24. The van der Waals surface area contributed by atoms with Crippen LogP contribution in [0.4, 0.5) is 0 Å². The summed E-state index contributed by atoms with van der Waals surface area (Å²) in [5.74, 6) is 1.29. The molecule has 6 heteroatoms. The molecule has 3 rings (SSSR count). The monoisotopic (exact) mass is 347 g/mol. The highest BCUT2D eigenvalue weighted by molar-refractivity contribution is 5.80. The zero-order valence-corrected chi connectivity index (χ0v) is 14.8. The Labute approximate surface area is 148 Å². The summed E-state index contributed by atoms with van der Waals surface area (Å²) < 4.78 is 16.1. The van der Waals surface area contributed by atoms with E-state index < -0.39 is 0 Å². The molecule has 0 saturated carbocycles. The standard InChI is InChI=1S/C19H25NO5/c1-3-24-19(22)13-6-8-20(9-7-13)18(21)15-10-14-11-16(23-2)4-5-17(14)25-12-15/h4-5,11,13,15H,3,6-10,12H2,1-2H3/t15-/m1/s1. The number of piperidine rings is 1. The van der Waals surface area contributed by atoms with Gasteiger partial charge in [-0.15, -0.1) is 0 Å². The summed E-state index contributed by atoms with van der Waals surface area (Å²) in [4.78, 5) is 26.5. The van der Waals surface area contributed by atoms with Crippen molar-refractivity contribution in [2.75, 3.05) is 33.4 Å². The van der Waals surface area contributed by atoms with E-state index in [1.807, 2.05) is 30.0 Å². The Morgan fingerprint density at radius 1 is 1.24 bits per heavy atom. The minimum atomic E-state index is -0.182. The molecule has 0 aromatic heterocycles. The maximum absolute atomic E-state index is 12.8. The van der Waals surface area contributed by atoms with Crippen molar-refractivity contribution in [3.8, 4) is 11.5 Å². The molecule has 0 bridgehead atoms. The largest absolute Gasteiger partial charge is 0.497 e. The van der Waals surface area contributed by atoms with Gasteiger partial charge in [0.25, 0.3) is 0 Å². The van der Waals surface area contributed by atoms with Gasteiger partial charge in [-0.05, 0) is 49.9 Å². The maximum atomic E-state index is 12.8. The smallest absolute Gasteiger partial charge is 0.309 e. The summed E-state index contributed by atoms with van der Waals surface area (Å²) in [6.07, 6.45) is 1.99. The molecular weight excluding hydrogens is 322 g/mol. The molecule has 1 atom stereocenters. The molecule has 6 nitrogen and oxygen atoms in total. The molecule has 0 spiro atoms. The first kappa shape index (κ1) is 17.6. The number of carbonyl (C=O) groups excluding carboxylic acids is 2. The first-order valence-electron chi connectivity index (χ1n) is 8.87. The minimum absolute atomic E-state index is 0.0865. The molecule has 1 amide bonds. The van der Waals surface area contributed by atoms with E-state index in [4.69, 9.17) is 14.2 Å². The molecule has 2 heterocycles. The molecule has 136 valence electrons. The van der Waals surface area contributed by atoms with Crippen molar-refractivity contribution in [1.29, 1.82) is 0 Å². The fourth-order valence-electron chi connectivity index (χ4n) is 3.51. The number of carbonyl (C=O) groups is 2. The van der Waals surface area contributed by atoms with Crippen LogP contribution in [0.25, 0.3) is 0 Å². The molecule has 25 heavy (non-hydrogen) atoms. The van der Waals surface area contributed by atoms with Gasteiger partial charge < -0.3 is 19.1 Å². The number of methoxy groups -OCH3 is 1. The first-order chi connectivity index (χ1) is 12.1. The topological polar surface area (TPSA) is 65.1 Å². The Kier molecular flexibility index (Phi) is 5.46. The van der Waals surface area contributed by atoms with Gasteiger partial charge in [0.1, 0.15) is 18.1 Å². The lowest BCUT2D eigenvalue weighted by molar-refractivity contribution is -0.152. The molecule has 0 unspecified atom stereocenters. The summed E-state index contributed by atoms with van der Waals surface area (Å²) in [5, 5.41) is 0. The van der Waals surface area contributed by atoms with E-state index in [1.165, 1.54) is 0 Å². The zero-order valence-electron chi connectivity index (χ0n) is 14.8. The molecule has 1 aromatic rings. The Bertz CT molecular complexity index is 637. The van der Waals surface area contributed by atoms with E-state index in [0.29, 0.717) is 45.6 Å². The summed E-state index contributed by atoms with van der Waals surface area (Å²) in [5.41, 5.74) is 1.00. The predicted octanol–water partition coefficient (Wildman–Crippen LogP) is 2.05. The lowest BCUT2D eigenvalue weighted by atomic mass is 9.92. The second kappa shape index (κ2) is 7.76. The Morgan fingerprint density at radius 2 is 2.00 bits per heavy atom. The normalized spacial score (nSPS) is 20.4. The first-order valence-corrected chi connectivity index (χ1v) is 8.87. The van der Waals surface area contributed by atoms with E-state index in [9.17, 15) is 9.59 Å². The number of esters is 1. The van der Waals surface area contributed by atoms with Crippen LogP contribution >= 0.6 is 0 Å². The quantitative estimate of drug-likeness (QED) is 0.780. The lowest BCUT2D eigenvalue weighted by Crippen LogP contribution is -2.45. The van der Waals surface area contributed by atoms with Crippen LogP contribution in [-0.2, 0) is 20.7 Å². The number of ether oxygens (including phenoxy) is 3. The van der Waals surface area contributed by atoms with E-state index in [0.717, 1.165) is 17.1 Å². The number of hydrogen-bond donors (Lipinski definition) is 0. The van der Waals surface area contributed by atoms with Crippen molar-refractivity contribution in [3.05, 3.63) is 23.8 Å². The van der Waals surface area contributed by atoms with Crippen LogP contribution in [0.3, 0.4) is 0 Å². The second-order valence-electron chi connectivity index (χ2n) is 6.54. The van der Waals surface area contributed by atoms with Gasteiger partial charge in [-0.3, -0.25) is 9.59 Å². The van der Waals surface area contributed by atoms with Gasteiger partial charge in [0.2, 0.25) is 5.91 Å². The number of nitrogens with zero attached hydrogens (tertiary/aromatic N) is 1. The molecule has 0 radical (unpaired) electrons. The number of fused-ring (bicyclic) bond motifs is 1. The number of likely N-dealkylation sites (tertiary alicyclic amines) is 1. The van der Waals surface area contributed by atoms with Crippen LogP contribution in [-0.4, -0.2) is 50.2 Å². The van der Waals surface area contributed by atoms with E-state index in [1.54, 1.807) is 7.11 Å². The van der Waals surface area contributed by atoms with Crippen LogP contribution in [0.1, 0.15) is 25.3 Å². The zero-order chi connectivity index (χ0) is 17.8. The predicted molar refractivity (Wildman–Crippen MR) is 91.6 cm³/mol. The van der Waals surface area contributed by atoms with Crippen molar-refractivity contribution in [2.24, 2.45) is 11.8 Å². The number of amides is 1. The van der Waals surface area contributed by atoms with E-state index >= 15 is 0 Å². The van der Waals surface area contributed by atoms with Crippen molar-refractivity contribution < 1.29 is 23.8 Å². The molecule has 1 aromatic carbocycles. The van der Waals surface area contributed by atoms with Crippen LogP contribution in [0, 0.1) is 11.8 Å². The van der Waals surface area contributed by atoms with Crippen molar-refractivity contribution in [2.45, 2.75) is 26.2 Å². The fraction of sp³-hybridized carbons (Fsp3) is 0.579. The Balaban J connectivity index is 1.58. The van der Waals surface area contributed by atoms with Gasteiger partial charge in [-0.1, -0.05) is 0 Å². The summed E-state index contributed by atoms with van der Waals surface area (Å²) >= 11 is 0. The summed E-state index contributed by atoms with van der Waals surface area (Å²) in [6.45, 7) is 3.82. The lowest BCUT2D eigenvalue weighted by Gasteiger charge is -2.34. The minimum Gasteiger partial charge on any atom is -0.497 e. The average Bonchev–Trinajstić information content (AvgIpc) is 2.66. The van der Waals surface area contributed by atoms with Gasteiger partial charge in [0.15, 0.2) is 0 Å². The maximum Gasteiger partial charge on any atom is 0.309 e. The van der Waals surface area contributed by atoms with Gasteiger partial charge in [0.05, 0.1) is 25.6 Å². The number of rotatable bonds is 4.